The molecule has 4 aromatic rings. The van der Waals surface area contributed by atoms with Crippen LogP contribution in [0.25, 0.3) is 28.1 Å². The van der Waals surface area contributed by atoms with Gasteiger partial charge in [-0.05, 0) is 64.3 Å². The molecule has 4 nitrogen and oxygen atoms in total. The van der Waals surface area contributed by atoms with Gasteiger partial charge in [0.15, 0.2) is 0 Å². The number of nitrogens with one attached hydrogen (secondary N) is 1. The van der Waals surface area contributed by atoms with Crippen molar-refractivity contribution in [3.63, 3.8) is 0 Å². The van der Waals surface area contributed by atoms with Crippen molar-refractivity contribution in [2.45, 2.75) is 12.8 Å². The maximum atomic E-state index is 10.9. The number of carboxylic acids is 1. The molecule has 1 saturated carbocycles. The highest BCUT2D eigenvalue weighted by molar-refractivity contribution is 6.06. The molecule has 1 aliphatic carbocycles. The van der Waals surface area contributed by atoms with Crippen LogP contribution in [0.2, 0.25) is 0 Å². The lowest BCUT2D eigenvalue weighted by Crippen LogP contribution is -1.98. The quantitative estimate of drug-likeness (QED) is 0.303. The van der Waals surface area contributed by atoms with Gasteiger partial charge in [-0.25, -0.2) is 4.79 Å². The Morgan fingerprint density at radius 1 is 0.935 bits per heavy atom. The summed E-state index contributed by atoms with van der Waals surface area (Å²) in [5.41, 5.74) is 7.98. The minimum Gasteiger partial charge on any atom is -0.478 e. The van der Waals surface area contributed by atoms with Crippen molar-refractivity contribution in [1.29, 1.82) is 0 Å². The molecule has 2 N–H and O–H groups in total. The highest BCUT2D eigenvalue weighted by atomic mass is 16.4. The van der Waals surface area contributed by atoms with E-state index in [-0.39, 0.29) is 0 Å². The van der Waals surface area contributed by atoms with Gasteiger partial charge in [0.2, 0.25) is 0 Å². The van der Waals surface area contributed by atoms with E-state index in [0.717, 1.165) is 33.7 Å². The number of nitrogens with zero attached hydrogens (tertiary/aromatic N) is 1. The van der Waals surface area contributed by atoms with E-state index in [1.165, 1.54) is 29.6 Å². The molecule has 0 unspecified atom stereocenters. The molecule has 0 aliphatic heterocycles. The molecule has 152 valence electrons. The van der Waals surface area contributed by atoms with Gasteiger partial charge in [0.05, 0.1) is 11.7 Å². The van der Waals surface area contributed by atoms with Crippen molar-refractivity contribution in [2.75, 3.05) is 0 Å². The summed E-state index contributed by atoms with van der Waals surface area (Å²) in [5, 5.41) is 17.4. The topological polar surface area (TPSA) is 66.0 Å². The number of hydrogen-bond acceptors (Lipinski definition) is 2. The van der Waals surface area contributed by atoms with E-state index in [0.29, 0.717) is 5.92 Å². The molecule has 5 rings (SSSR count). The van der Waals surface area contributed by atoms with Crippen LogP contribution in [0.3, 0.4) is 0 Å². The number of aromatic amines is 1. The summed E-state index contributed by atoms with van der Waals surface area (Å²) in [6, 6.07) is 25.0. The molecule has 31 heavy (non-hydrogen) atoms. The number of H-pyrrole nitrogens is 1. The highest BCUT2D eigenvalue weighted by Crippen LogP contribution is 2.48. The van der Waals surface area contributed by atoms with E-state index in [2.05, 4.69) is 58.7 Å². The molecule has 0 spiro atoms. The smallest absolute Gasteiger partial charge is 0.328 e. The monoisotopic (exact) mass is 406 g/mol. The van der Waals surface area contributed by atoms with E-state index in [1.807, 2.05) is 30.5 Å². The van der Waals surface area contributed by atoms with Gasteiger partial charge in [0.1, 0.15) is 0 Å². The number of benzene rings is 3. The first-order valence-corrected chi connectivity index (χ1v) is 10.4. The number of carbonyl (C=O) groups is 1. The summed E-state index contributed by atoms with van der Waals surface area (Å²) < 4.78 is 0. The third-order valence-electron chi connectivity index (χ3n) is 5.71. The summed E-state index contributed by atoms with van der Waals surface area (Å²) in [5.74, 6) is -0.414. The lowest BCUT2D eigenvalue weighted by Gasteiger charge is -2.18. The Kier molecular flexibility index (Phi) is 4.97. The molecular weight excluding hydrogens is 384 g/mol. The lowest BCUT2D eigenvalue weighted by molar-refractivity contribution is -0.131. The molecule has 0 atom stereocenters. The third-order valence-corrected chi connectivity index (χ3v) is 5.71. The summed E-state index contributed by atoms with van der Waals surface area (Å²) in [7, 11) is 0. The first-order valence-electron chi connectivity index (χ1n) is 10.4. The maximum Gasteiger partial charge on any atom is 0.328 e. The highest BCUT2D eigenvalue weighted by Gasteiger charge is 2.31. The van der Waals surface area contributed by atoms with Crippen LogP contribution in [0, 0.1) is 5.92 Å². The molecular formula is C27H22N2O2. The number of fused-ring (bicyclic) bond motifs is 1. The Labute approximate surface area is 180 Å². The Balaban J connectivity index is 1.74. The van der Waals surface area contributed by atoms with Gasteiger partial charge < -0.3 is 5.11 Å². The van der Waals surface area contributed by atoms with E-state index in [9.17, 15) is 4.79 Å². The SMILES string of the molecule is O=C(O)/C=C/c1ccc(C(=C(c2ccccc2)C2CC2)c2cccc3[nH]ncc23)cc1. The Bertz CT molecular complexity index is 1290. The molecule has 1 aromatic heterocycles. The van der Waals surface area contributed by atoms with Crippen LogP contribution in [-0.4, -0.2) is 21.3 Å². The lowest BCUT2D eigenvalue weighted by atomic mass is 9.85. The van der Waals surface area contributed by atoms with Crippen molar-refractivity contribution in [2.24, 2.45) is 5.92 Å². The molecule has 0 amide bonds. The fraction of sp³-hybridized carbons (Fsp3) is 0.111. The van der Waals surface area contributed by atoms with Crippen LogP contribution in [0.15, 0.2) is 85.1 Å². The van der Waals surface area contributed by atoms with Crippen molar-refractivity contribution in [3.05, 3.63) is 107 Å². The van der Waals surface area contributed by atoms with Crippen LogP contribution in [0.5, 0.6) is 0 Å². The van der Waals surface area contributed by atoms with Crippen molar-refractivity contribution in [1.82, 2.24) is 10.2 Å². The summed E-state index contributed by atoms with van der Waals surface area (Å²) in [6.45, 7) is 0. The van der Waals surface area contributed by atoms with E-state index < -0.39 is 5.97 Å². The van der Waals surface area contributed by atoms with Gasteiger partial charge in [-0.3, -0.25) is 5.10 Å². The first-order chi connectivity index (χ1) is 15.2. The summed E-state index contributed by atoms with van der Waals surface area (Å²) in [4.78, 5) is 10.9. The largest absolute Gasteiger partial charge is 0.478 e. The van der Waals surface area contributed by atoms with E-state index in [1.54, 1.807) is 6.08 Å². The number of carboxylic acid groups (broad SMARTS) is 1. The molecule has 1 heterocycles. The van der Waals surface area contributed by atoms with Gasteiger partial charge in [0, 0.05) is 11.5 Å². The predicted molar refractivity (Wildman–Crippen MR) is 124 cm³/mol. The Hall–Kier alpha value is -3.92. The molecule has 0 bridgehead atoms. The van der Waals surface area contributed by atoms with Crippen LogP contribution < -0.4 is 0 Å². The first kappa shape index (κ1) is 19.1. The number of aromatic nitrogens is 2. The minimum absolute atomic E-state index is 0.533. The molecule has 1 fully saturated rings. The second-order valence-corrected chi connectivity index (χ2v) is 7.86. The second kappa shape index (κ2) is 8.07. The number of rotatable bonds is 6. The van der Waals surface area contributed by atoms with Crippen LogP contribution >= 0.6 is 0 Å². The average Bonchev–Trinajstić information content (AvgIpc) is 3.51. The molecule has 3 aromatic carbocycles. The zero-order valence-corrected chi connectivity index (χ0v) is 17.0. The Morgan fingerprint density at radius 3 is 2.42 bits per heavy atom. The number of hydrogen-bond donors (Lipinski definition) is 2. The standard InChI is InChI=1S/C27H22N2O2/c30-25(31)16-11-18-9-12-21(13-10-18)27(22-7-4-8-24-23(22)17-28-29-24)26(20-14-15-20)19-5-2-1-3-6-19/h1-13,16-17,20H,14-15H2,(H,28,29)(H,30,31)/b16-11+,27-26?. The summed E-state index contributed by atoms with van der Waals surface area (Å²) in [6.07, 6.45) is 7.05. The van der Waals surface area contributed by atoms with Gasteiger partial charge in [-0.1, -0.05) is 66.7 Å². The average molecular weight is 406 g/mol. The second-order valence-electron chi connectivity index (χ2n) is 7.86. The van der Waals surface area contributed by atoms with Crippen molar-refractivity contribution < 1.29 is 9.90 Å². The zero-order valence-electron chi connectivity index (χ0n) is 17.0. The van der Waals surface area contributed by atoms with Gasteiger partial charge in [-0.15, -0.1) is 0 Å². The fourth-order valence-electron chi connectivity index (χ4n) is 4.14. The van der Waals surface area contributed by atoms with Crippen LogP contribution in [0.4, 0.5) is 0 Å². The van der Waals surface area contributed by atoms with Gasteiger partial charge >= 0.3 is 5.97 Å². The zero-order chi connectivity index (χ0) is 21.2. The molecule has 1 aliphatic rings. The third kappa shape index (κ3) is 3.92. The van der Waals surface area contributed by atoms with Crippen molar-refractivity contribution in [3.8, 4) is 0 Å². The molecule has 0 saturated heterocycles. The van der Waals surface area contributed by atoms with E-state index >= 15 is 0 Å². The maximum absolute atomic E-state index is 10.9. The van der Waals surface area contributed by atoms with Crippen molar-refractivity contribution >= 4 is 34.1 Å². The molecule has 4 heteroatoms. The van der Waals surface area contributed by atoms with Gasteiger partial charge in [-0.2, -0.15) is 5.10 Å². The van der Waals surface area contributed by atoms with Crippen LogP contribution in [-0.2, 0) is 4.79 Å². The Morgan fingerprint density at radius 2 is 1.71 bits per heavy atom. The number of aliphatic carboxylic acids is 1. The minimum atomic E-state index is -0.948. The predicted octanol–water partition coefficient (Wildman–Crippen LogP) is 6.03. The fourth-order valence-corrected chi connectivity index (χ4v) is 4.14. The number of allylic oxidation sites excluding steroid dienone is 1. The van der Waals surface area contributed by atoms with Crippen LogP contribution in [0.1, 0.15) is 35.1 Å². The normalized spacial score (nSPS) is 14.7. The van der Waals surface area contributed by atoms with E-state index in [4.69, 9.17) is 5.11 Å². The molecule has 0 radical (unpaired) electrons. The summed E-state index contributed by atoms with van der Waals surface area (Å²) >= 11 is 0. The van der Waals surface area contributed by atoms with Gasteiger partial charge in [0.25, 0.3) is 0 Å².